The Labute approximate surface area is 221 Å². The summed E-state index contributed by atoms with van der Waals surface area (Å²) >= 11 is 1.24. The number of anilines is 1. The molecule has 0 aliphatic rings. The van der Waals surface area contributed by atoms with Crippen molar-refractivity contribution in [2.75, 3.05) is 25.3 Å². The van der Waals surface area contributed by atoms with Crippen molar-refractivity contribution in [3.05, 3.63) is 89.5 Å². The minimum absolute atomic E-state index is 0.109. The van der Waals surface area contributed by atoms with Gasteiger partial charge in [-0.25, -0.2) is 4.98 Å². The molecule has 3 aromatic carbocycles. The van der Waals surface area contributed by atoms with Gasteiger partial charge in [0.25, 0.3) is 0 Å². The Hall–Kier alpha value is -4.28. The first-order valence-electron chi connectivity index (χ1n) is 11.7. The number of aromatic nitrogens is 1. The second-order valence-corrected chi connectivity index (χ2v) is 9.45. The van der Waals surface area contributed by atoms with E-state index in [1.165, 1.54) is 11.8 Å². The van der Waals surface area contributed by atoms with Crippen LogP contribution < -0.4 is 14.8 Å². The molecule has 0 radical (unpaired) electrons. The van der Waals surface area contributed by atoms with Crippen LogP contribution in [-0.4, -0.2) is 30.9 Å². The molecule has 0 unspecified atom stereocenters. The molecule has 7 heteroatoms. The first-order chi connectivity index (χ1) is 17.9. The normalized spacial score (nSPS) is 10.5. The van der Waals surface area contributed by atoms with Crippen molar-refractivity contribution < 1.29 is 14.3 Å². The van der Waals surface area contributed by atoms with Crippen LogP contribution in [0.1, 0.15) is 16.7 Å². The molecule has 1 amide bonds. The van der Waals surface area contributed by atoms with Crippen LogP contribution in [0.15, 0.2) is 77.8 Å². The van der Waals surface area contributed by atoms with Gasteiger partial charge in [0.15, 0.2) is 11.5 Å². The Morgan fingerprint density at radius 1 is 0.919 bits per heavy atom. The summed E-state index contributed by atoms with van der Waals surface area (Å²) in [6.07, 6.45) is 0. The SMILES string of the molecule is COc1ccc(-c2cc(-c3ccc(C)cc3)nc(SCC(=O)Nc3cccc(C)c3)c2C#N)cc1OC. The van der Waals surface area contributed by atoms with Crippen molar-refractivity contribution in [3.63, 3.8) is 0 Å². The lowest BCUT2D eigenvalue weighted by Gasteiger charge is -2.14. The third-order valence-electron chi connectivity index (χ3n) is 5.78. The van der Waals surface area contributed by atoms with Crippen molar-refractivity contribution in [1.82, 2.24) is 4.98 Å². The Kier molecular flexibility index (Phi) is 8.11. The van der Waals surface area contributed by atoms with Gasteiger partial charge in [0.2, 0.25) is 5.91 Å². The number of methoxy groups -OCH3 is 2. The molecule has 0 saturated heterocycles. The van der Waals surface area contributed by atoms with E-state index in [1.807, 2.05) is 86.6 Å². The highest BCUT2D eigenvalue weighted by molar-refractivity contribution is 8.00. The maximum absolute atomic E-state index is 12.7. The van der Waals surface area contributed by atoms with Crippen LogP contribution in [0.4, 0.5) is 5.69 Å². The number of carbonyl (C=O) groups excluding carboxylic acids is 1. The zero-order valence-corrected chi connectivity index (χ0v) is 22.0. The molecule has 1 aromatic heterocycles. The molecule has 37 heavy (non-hydrogen) atoms. The predicted octanol–water partition coefficient (Wildman–Crippen LogP) is 6.65. The van der Waals surface area contributed by atoms with Crippen molar-refractivity contribution in [3.8, 4) is 40.0 Å². The molecule has 1 heterocycles. The summed E-state index contributed by atoms with van der Waals surface area (Å²) in [6, 6.07) is 25.4. The molecule has 186 valence electrons. The Balaban J connectivity index is 1.74. The molecule has 0 atom stereocenters. The van der Waals surface area contributed by atoms with E-state index in [0.717, 1.165) is 27.9 Å². The number of nitrogens with zero attached hydrogens (tertiary/aromatic N) is 2. The molecule has 0 saturated carbocycles. The van der Waals surface area contributed by atoms with E-state index in [0.29, 0.717) is 33.3 Å². The second-order valence-electron chi connectivity index (χ2n) is 8.49. The topological polar surface area (TPSA) is 84.2 Å². The lowest BCUT2D eigenvalue weighted by atomic mass is 9.98. The summed E-state index contributed by atoms with van der Waals surface area (Å²) in [5.41, 5.74) is 6.46. The smallest absolute Gasteiger partial charge is 0.234 e. The van der Waals surface area contributed by atoms with Crippen LogP contribution in [0.25, 0.3) is 22.4 Å². The van der Waals surface area contributed by atoms with Crippen molar-refractivity contribution in [2.45, 2.75) is 18.9 Å². The van der Waals surface area contributed by atoms with Crippen LogP contribution >= 0.6 is 11.8 Å². The first-order valence-corrected chi connectivity index (χ1v) is 12.6. The standard InChI is InChI=1S/C30H27N3O3S/c1-19-8-10-21(11-9-19)26-16-24(22-12-13-27(35-3)28(15-22)36-4)25(17-31)30(33-26)37-18-29(34)32-23-7-5-6-20(2)14-23/h5-16H,18H2,1-4H3,(H,32,34). The van der Waals surface area contributed by atoms with Crippen LogP contribution in [0.5, 0.6) is 11.5 Å². The number of hydrogen-bond donors (Lipinski definition) is 1. The van der Waals surface area contributed by atoms with Crippen molar-refractivity contribution >= 4 is 23.4 Å². The zero-order chi connectivity index (χ0) is 26.4. The van der Waals surface area contributed by atoms with E-state index in [9.17, 15) is 10.1 Å². The van der Waals surface area contributed by atoms with E-state index in [2.05, 4.69) is 11.4 Å². The fourth-order valence-corrected chi connectivity index (χ4v) is 4.69. The molecule has 0 aliphatic heterocycles. The number of ether oxygens (including phenoxy) is 2. The summed E-state index contributed by atoms with van der Waals surface area (Å²) in [7, 11) is 3.15. The summed E-state index contributed by atoms with van der Waals surface area (Å²) < 4.78 is 10.9. The van der Waals surface area contributed by atoms with Crippen LogP contribution in [-0.2, 0) is 4.79 Å². The van der Waals surface area contributed by atoms with Gasteiger partial charge in [-0.05, 0) is 55.3 Å². The average molecular weight is 510 g/mol. The summed E-state index contributed by atoms with van der Waals surface area (Å²) in [4.78, 5) is 17.5. The number of benzene rings is 3. The maximum atomic E-state index is 12.7. The van der Waals surface area contributed by atoms with E-state index in [1.54, 1.807) is 14.2 Å². The Bertz CT molecular complexity index is 1480. The minimum Gasteiger partial charge on any atom is -0.493 e. The van der Waals surface area contributed by atoms with Crippen LogP contribution in [0, 0.1) is 25.2 Å². The average Bonchev–Trinajstić information content (AvgIpc) is 2.91. The number of nitriles is 1. The van der Waals surface area contributed by atoms with Gasteiger partial charge in [-0.3, -0.25) is 4.79 Å². The van der Waals surface area contributed by atoms with Gasteiger partial charge in [-0.1, -0.05) is 59.8 Å². The number of thioether (sulfide) groups is 1. The highest BCUT2D eigenvalue weighted by Gasteiger charge is 2.18. The molecule has 4 aromatic rings. The molecule has 0 bridgehead atoms. The van der Waals surface area contributed by atoms with Crippen LogP contribution in [0.2, 0.25) is 0 Å². The quantitative estimate of drug-likeness (QED) is 0.268. The number of pyridine rings is 1. The van der Waals surface area contributed by atoms with Gasteiger partial charge >= 0.3 is 0 Å². The summed E-state index contributed by atoms with van der Waals surface area (Å²) in [5.74, 6) is 1.09. The van der Waals surface area contributed by atoms with Gasteiger partial charge in [-0.2, -0.15) is 5.26 Å². The number of nitrogens with one attached hydrogen (secondary N) is 1. The Morgan fingerprint density at radius 2 is 1.65 bits per heavy atom. The van der Waals surface area contributed by atoms with E-state index >= 15 is 0 Å². The van der Waals surface area contributed by atoms with Gasteiger partial charge in [0.05, 0.1) is 31.2 Å². The molecular weight excluding hydrogens is 482 g/mol. The molecule has 4 rings (SSSR count). The minimum atomic E-state index is -0.172. The van der Waals surface area contributed by atoms with Crippen molar-refractivity contribution in [1.29, 1.82) is 5.26 Å². The maximum Gasteiger partial charge on any atom is 0.234 e. The highest BCUT2D eigenvalue weighted by atomic mass is 32.2. The third kappa shape index (κ3) is 6.11. The van der Waals surface area contributed by atoms with Gasteiger partial charge in [-0.15, -0.1) is 0 Å². The zero-order valence-electron chi connectivity index (χ0n) is 21.2. The van der Waals surface area contributed by atoms with Gasteiger partial charge < -0.3 is 14.8 Å². The fraction of sp³-hybridized carbons (Fsp3) is 0.167. The molecular formula is C30H27N3O3S. The second kappa shape index (κ2) is 11.6. The third-order valence-corrected chi connectivity index (χ3v) is 6.76. The van der Waals surface area contributed by atoms with Gasteiger partial charge in [0, 0.05) is 16.8 Å². The molecule has 1 N–H and O–H groups in total. The predicted molar refractivity (Wildman–Crippen MR) is 148 cm³/mol. The number of hydrogen-bond acceptors (Lipinski definition) is 6. The monoisotopic (exact) mass is 509 g/mol. The number of amides is 1. The lowest BCUT2D eigenvalue weighted by Crippen LogP contribution is -2.14. The number of carbonyl (C=O) groups is 1. The van der Waals surface area contributed by atoms with E-state index < -0.39 is 0 Å². The molecule has 0 spiro atoms. The first kappa shape index (κ1) is 25.8. The number of rotatable bonds is 8. The van der Waals surface area contributed by atoms with Gasteiger partial charge in [0.1, 0.15) is 11.1 Å². The Morgan fingerprint density at radius 3 is 2.32 bits per heavy atom. The molecule has 0 aliphatic carbocycles. The van der Waals surface area contributed by atoms with Crippen LogP contribution in [0.3, 0.4) is 0 Å². The number of aryl methyl sites for hydroxylation is 2. The fourth-order valence-electron chi connectivity index (χ4n) is 3.89. The molecule has 6 nitrogen and oxygen atoms in total. The molecule has 0 fully saturated rings. The lowest BCUT2D eigenvalue weighted by molar-refractivity contribution is -0.113. The summed E-state index contributed by atoms with van der Waals surface area (Å²) in [5, 5.41) is 13.6. The van der Waals surface area contributed by atoms with Crippen molar-refractivity contribution in [2.24, 2.45) is 0 Å². The summed E-state index contributed by atoms with van der Waals surface area (Å²) in [6.45, 7) is 4.00. The van der Waals surface area contributed by atoms with E-state index in [-0.39, 0.29) is 11.7 Å². The highest BCUT2D eigenvalue weighted by Crippen LogP contribution is 2.38. The largest absolute Gasteiger partial charge is 0.493 e. The van der Waals surface area contributed by atoms with E-state index in [4.69, 9.17) is 14.5 Å².